The highest BCUT2D eigenvalue weighted by Crippen LogP contribution is 2.27. The summed E-state index contributed by atoms with van der Waals surface area (Å²) >= 11 is 11.9. The summed E-state index contributed by atoms with van der Waals surface area (Å²) in [6.45, 7) is 0.733. The van der Waals surface area contributed by atoms with Gasteiger partial charge in [0.15, 0.2) is 0 Å². The topological polar surface area (TPSA) is 75.7 Å². The van der Waals surface area contributed by atoms with Gasteiger partial charge in [0.05, 0.1) is 29.0 Å². The van der Waals surface area contributed by atoms with Gasteiger partial charge >= 0.3 is 0 Å². The Kier molecular flexibility index (Phi) is 6.88. The lowest BCUT2D eigenvalue weighted by Gasteiger charge is -2.31. The number of hydrogen-bond acceptors (Lipinski definition) is 4. The number of nitrogens with one attached hydrogen (secondary N) is 1. The van der Waals surface area contributed by atoms with Crippen molar-refractivity contribution in [2.45, 2.75) is 12.8 Å². The first kappa shape index (κ1) is 19.5. The number of hydrogen-bond donors (Lipinski definition) is 1. The number of piperidine rings is 1. The molecule has 24 heavy (non-hydrogen) atoms. The van der Waals surface area contributed by atoms with E-state index in [0.29, 0.717) is 35.1 Å². The van der Waals surface area contributed by atoms with Gasteiger partial charge < -0.3 is 10.1 Å². The Balaban J connectivity index is 2.02. The van der Waals surface area contributed by atoms with E-state index in [9.17, 15) is 13.2 Å². The maximum atomic E-state index is 12.4. The Hall–Kier alpha value is -0.860. The van der Waals surface area contributed by atoms with Crippen LogP contribution in [0.1, 0.15) is 12.8 Å². The molecule has 1 atom stereocenters. The van der Waals surface area contributed by atoms with Crippen LogP contribution in [-0.2, 0) is 19.6 Å². The second kappa shape index (κ2) is 8.49. The Morgan fingerprint density at radius 3 is 2.83 bits per heavy atom. The molecule has 1 aromatic rings. The first-order valence-electron chi connectivity index (χ1n) is 7.56. The van der Waals surface area contributed by atoms with E-state index in [0.717, 1.165) is 0 Å². The number of carbonyl (C=O) groups is 1. The predicted octanol–water partition coefficient (Wildman–Crippen LogP) is 2.62. The van der Waals surface area contributed by atoms with Crippen LogP contribution in [0.5, 0.6) is 0 Å². The number of benzene rings is 1. The van der Waals surface area contributed by atoms with Crippen molar-refractivity contribution < 1.29 is 17.9 Å². The molecule has 2 rings (SSSR count). The summed E-state index contributed by atoms with van der Waals surface area (Å²) in [4.78, 5) is 12.4. The molecule has 9 heteroatoms. The summed E-state index contributed by atoms with van der Waals surface area (Å²) in [5.41, 5.74) is 0.463. The minimum Gasteiger partial charge on any atom is -0.384 e. The summed E-state index contributed by atoms with van der Waals surface area (Å²) in [6.07, 6.45) is 1.27. The van der Waals surface area contributed by atoms with E-state index in [4.69, 9.17) is 27.9 Å². The largest absolute Gasteiger partial charge is 0.384 e. The molecule has 0 aliphatic carbocycles. The molecule has 1 unspecified atom stereocenters. The van der Waals surface area contributed by atoms with Gasteiger partial charge in [0.2, 0.25) is 15.9 Å². The van der Waals surface area contributed by atoms with Gasteiger partial charge in [-0.1, -0.05) is 23.2 Å². The zero-order valence-corrected chi connectivity index (χ0v) is 15.6. The maximum Gasteiger partial charge on any atom is 0.228 e. The summed E-state index contributed by atoms with van der Waals surface area (Å²) < 4.78 is 30.7. The smallest absolute Gasteiger partial charge is 0.228 e. The van der Waals surface area contributed by atoms with Crippen molar-refractivity contribution >= 4 is 44.8 Å². The van der Waals surface area contributed by atoms with Gasteiger partial charge in [-0.05, 0) is 31.0 Å². The summed E-state index contributed by atoms with van der Waals surface area (Å²) in [7, 11) is -1.96. The zero-order valence-electron chi connectivity index (χ0n) is 13.3. The van der Waals surface area contributed by atoms with Crippen LogP contribution in [-0.4, -0.2) is 51.2 Å². The maximum absolute atomic E-state index is 12.4. The van der Waals surface area contributed by atoms with Crippen molar-refractivity contribution in [3.05, 3.63) is 28.2 Å². The van der Waals surface area contributed by atoms with Crippen molar-refractivity contribution in [2.75, 3.05) is 37.9 Å². The summed E-state index contributed by atoms with van der Waals surface area (Å²) in [6, 6.07) is 4.80. The van der Waals surface area contributed by atoms with Crippen LogP contribution in [0.2, 0.25) is 10.0 Å². The molecule has 1 N–H and O–H groups in total. The van der Waals surface area contributed by atoms with Gasteiger partial charge in [-0.3, -0.25) is 4.79 Å². The summed E-state index contributed by atoms with van der Waals surface area (Å²) in [5.74, 6) is -0.741. The molecule has 0 spiro atoms. The number of rotatable bonds is 6. The van der Waals surface area contributed by atoms with Gasteiger partial charge in [0, 0.05) is 25.2 Å². The third-order valence-electron chi connectivity index (χ3n) is 3.88. The number of carbonyl (C=O) groups excluding carboxylic acids is 1. The van der Waals surface area contributed by atoms with Crippen LogP contribution >= 0.6 is 23.2 Å². The summed E-state index contributed by atoms with van der Waals surface area (Å²) in [5, 5.41) is 3.57. The molecule has 0 saturated carbocycles. The lowest BCUT2D eigenvalue weighted by atomic mass is 9.99. The van der Waals surface area contributed by atoms with Crippen LogP contribution in [0, 0.1) is 5.92 Å². The fraction of sp³-hybridized carbons (Fsp3) is 0.533. The molecular formula is C15H20Cl2N2O4S. The lowest BCUT2D eigenvalue weighted by molar-refractivity contribution is -0.120. The van der Waals surface area contributed by atoms with Crippen molar-refractivity contribution in [2.24, 2.45) is 5.92 Å². The molecule has 1 amide bonds. The molecule has 1 saturated heterocycles. The van der Waals surface area contributed by atoms with Crippen molar-refractivity contribution in [1.82, 2.24) is 4.31 Å². The number of sulfonamides is 1. The van der Waals surface area contributed by atoms with E-state index in [2.05, 4.69) is 5.32 Å². The molecule has 134 valence electrons. The van der Waals surface area contributed by atoms with Crippen LogP contribution in [0.25, 0.3) is 0 Å². The highest BCUT2D eigenvalue weighted by Gasteiger charge is 2.32. The highest BCUT2D eigenvalue weighted by molar-refractivity contribution is 7.89. The van der Waals surface area contributed by atoms with Crippen molar-refractivity contribution in [3.8, 4) is 0 Å². The van der Waals surface area contributed by atoms with E-state index >= 15 is 0 Å². The molecule has 1 aromatic carbocycles. The number of anilines is 1. The van der Waals surface area contributed by atoms with Gasteiger partial charge in [-0.2, -0.15) is 0 Å². The first-order valence-corrected chi connectivity index (χ1v) is 9.92. The average molecular weight is 395 g/mol. The minimum absolute atomic E-state index is 0.0825. The Morgan fingerprint density at radius 1 is 1.42 bits per heavy atom. The van der Waals surface area contributed by atoms with Crippen molar-refractivity contribution in [3.63, 3.8) is 0 Å². The second-order valence-corrected chi connectivity index (χ2v) is 8.55. The van der Waals surface area contributed by atoms with Crippen LogP contribution in [0.15, 0.2) is 18.2 Å². The fourth-order valence-corrected chi connectivity index (χ4v) is 4.46. The Bertz CT molecular complexity index is 697. The fourth-order valence-electron chi connectivity index (χ4n) is 2.55. The van der Waals surface area contributed by atoms with E-state index in [-0.39, 0.29) is 24.8 Å². The second-order valence-electron chi connectivity index (χ2n) is 5.62. The minimum atomic E-state index is -3.41. The van der Waals surface area contributed by atoms with E-state index in [1.54, 1.807) is 18.2 Å². The van der Waals surface area contributed by atoms with Crippen LogP contribution in [0.3, 0.4) is 0 Å². The Labute approximate surface area is 152 Å². The van der Waals surface area contributed by atoms with Gasteiger partial charge in [-0.25, -0.2) is 12.7 Å². The third kappa shape index (κ3) is 5.07. The highest BCUT2D eigenvalue weighted by atomic mass is 35.5. The molecule has 0 aromatic heterocycles. The molecule has 1 aliphatic rings. The average Bonchev–Trinajstić information content (AvgIpc) is 2.55. The van der Waals surface area contributed by atoms with E-state index in [1.807, 2.05) is 0 Å². The van der Waals surface area contributed by atoms with Crippen molar-refractivity contribution in [1.29, 1.82) is 0 Å². The van der Waals surface area contributed by atoms with E-state index in [1.165, 1.54) is 11.4 Å². The normalized spacial score (nSPS) is 19.2. The first-order chi connectivity index (χ1) is 11.3. The standard InChI is InChI=1S/C15H20Cl2N2O4S/c1-23-7-8-24(21,22)19-6-2-3-11(10-19)15(20)18-14-5-4-12(16)9-13(14)17/h4-5,9,11H,2-3,6-8,10H2,1H3,(H,18,20). The zero-order chi connectivity index (χ0) is 17.7. The van der Waals surface area contributed by atoms with Crippen LogP contribution in [0.4, 0.5) is 5.69 Å². The quantitative estimate of drug-likeness (QED) is 0.804. The van der Waals surface area contributed by atoms with Gasteiger partial charge in [-0.15, -0.1) is 0 Å². The monoisotopic (exact) mass is 394 g/mol. The van der Waals surface area contributed by atoms with Crippen LogP contribution < -0.4 is 5.32 Å². The molecule has 1 heterocycles. The predicted molar refractivity (Wildman–Crippen MR) is 95.1 cm³/mol. The number of halogens is 2. The van der Waals surface area contributed by atoms with E-state index < -0.39 is 15.9 Å². The lowest BCUT2D eigenvalue weighted by Crippen LogP contribution is -2.45. The Morgan fingerprint density at radius 2 is 2.17 bits per heavy atom. The molecule has 6 nitrogen and oxygen atoms in total. The SMILES string of the molecule is COCCS(=O)(=O)N1CCCC(C(=O)Nc2ccc(Cl)cc2Cl)C1. The number of ether oxygens (including phenoxy) is 1. The number of methoxy groups -OCH3 is 1. The number of nitrogens with zero attached hydrogens (tertiary/aromatic N) is 1. The molecule has 1 fully saturated rings. The molecule has 1 aliphatic heterocycles. The number of amides is 1. The third-order valence-corrected chi connectivity index (χ3v) is 6.23. The molecule has 0 bridgehead atoms. The van der Waals surface area contributed by atoms with Gasteiger partial charge in [0.25, 0.3) is 0 Å². The molecule has 0 radical (unpaired) electrons. The van der Waals surface area contributed by atoms with Gasteiger partial charge in [0.1, 0.15) is 0 Å². The molecular weight excluding hydrogens is 375 g/mol.